The van der Waals surface area contributed by atoms with E-state index in [1.807, 2.05) is 0 Å². The topological polar surface area (TPSA) is 237 Å². The van der Waals surface area contributed by atoms with Crippen LogP contribution in [-0.4, -0.2) is 96.7 Å². The zero-order valence-corrected chi connectivity index (χ0v) is 62.2. The monoisotopic (exact) mass is 1370 g/mol. The van der Waals surface area contributed by atoms with Gasteiger partial charge in [0.1, 0.15) is 19.3 Å². The Labute approximate surface area is 568 Å². The molecule has 0 aromatic carbocycles. The van der Waals surface area contributed by atoms with Crippen molar-refractivity contribution in [2.75, 3.05) is 39.6 Å². The fourth-order valence-electron chi connectivity index (χ4n) is 11.4. The lowest BCUT2D eigenvalue weighted by Crippen LogP contribution is -2.30. The number of esters is 4. The third-order valence-electron chi connectivity index (χ3n) is 17.3. The Morgan fingerprint density at radius 3 is 0.731 bits per heavy atom. The highest BCUT2D eigenvalue weighted by molar-refractivity contribution is 7.47. The third-order valence-corrected chi connectivity index (χ3v) is 19.2. The van der Waals surface area contributed by atoms with Gasteiger partial charge in [0.25, 0.3) is 0 Å². The molecule has 0 spiro atoms. The zero-order valence-electron chi connectivity index (χ0n) is 60.4. The molecule has 3 N–H and O–H groups in total. The minimum atomic E-state index is -4.95. The van der Waals surface area contributed by atoms with Crippen LogP contribution in [0.2, 0.25) is 0 Å². The average molecular weight is 1370 g/mol. The molecule has 0 aliphatic heterocycles. The number of hydrogen-bond donors (Lipinski definition) is 3. The standard InChI is InChI=1S/C74H144O17P2/c1-6-9-12-15-18-19-20-21-22-23-27-30-33-36-39-44-48-53-58-72(77)85-64-70(91-74(79)60-55-50-45-40-37-34-31-28-25-24-26-29-32-35-38-43-46-51-56-67(4)5)66-89-93(82,83)87-62-68(75)61-86-92(80,81)88-65-69(90-73(78)59-54-49-42-17-14-11-8-3)63-84-71(76)57-52-47-41-16-13-10-7-2/h67-70,75H,6-66H2,1-5H3,(H,80,81)(H,82,83)/t68-,69+,70+/m0/s1. The largest absolute Gasteiger partial charge is 0.472 e. The van der Waals surface area contributed by atoms with Crippen molar-refractivity contribution in [3.8, 4) is 0 Å². The summed E-state index contributed by atoms with van der Waals surface area (Å²) in [6.07, 6.45) is 56.0. The van der Waals surface area contributed by atoms with Gasteiger partial charge in [-0.3, -0.25) is 37.3 Å². The van der Waals surface area contributed by atoms with Crippen LogP contribution in [0.3, 0.4) is 0 Å². The maximum atomic E-state index is 13.1. The number of unbranched alkanes of at least 4 members (excludes halogenated alkanes) is 46. The molecule has 5 atom stereocenters. The van der Waals surface area contributed by atoms with Crippen LogP contribution in [0, 0.1) is 5.92 Å². The van der Waals surface area contributed by atoms with Crippen molar-refractivity contribution in [3.05, 3.63) is 0 Å². The van der Waals surface area contributed by atoms with Gasteiger partial charge in [-0.1, -0.05) is 336 Å². The molecule has 0 saturated heterocycles. The quantitative estimate of drug-likeness (QED) is 0.0222. The van der Waals surface area contributed by atoms with Crippen LogP contribution >= 0.6 is 15.6 Å². The van der Waals surface area contributed by atoms with Gasteiger partial charge in [0.2, 0.25) is 0 Å². The number of aliphatic hydroxyl groups excluding tert-OH is 1. The number of phosphoric ester groups is 2. The number of carbonyl (C=O) groups excluding carboxylic acids is 4. The van der Waals surface area contributed by atoms with Crippen molar-refractivity contribution < 1.29 is 80.2 Å². The van der Waals surface area contributed by atoms with Crippen molar-refractivity contribution in [2.24, 2.45) is 5.92 Å². The summed E-state index contributed by atoms with van der Waals surface area (Å²) in [6, 6.07) is 0. The van der Waals surface area contributed by atoms with E-state index in [1.165, 1.54) is 186 Å². The highest BCUT2D eigenvalue weighted by atomic mass is 31.2. The fourth-order valence-corrected chi connectivity index (χ4v) is 12.9. The van der Waals surface area contributed by atoms with Crippen LogP contribution in [0.25, 0.3) is 0 Å². The first-order chi connectivity index (χ1) is 45.0. The Morgan fingerprint density at radius 1 is 0.290 bits per heavy atom. The number of ether oxygens (including phenoxy) is 4. The van der Waals surface area contributed by atoms with Gasteiger partial charge >= 0.3 is 39.5 Å². The van der Waals surface area contributed by atoms with E-state index in [2.05, 4.69) is 34.6 Å². The minimum Gasteiger partial charge on any atom is -0.462 e. The molecule has 0 aliphatic rings. The summed E-state index contributed by atoms with van der Waals surface area (Å²) in [4.78, 5) is 72.4. The summed E-state index contributed by atoms with van der Waals surface area (Å²) in [7, 11) is -9.89. The molecule has 0 amide bonds. The summed E-state index contributed by atoms with van der Waals surface area (Å²) in [5, 5.41) is 10.6. The maximum absolute atomic E-state index is 13.1. The van der Waals surface area contributed by atoms with Gasteiger partial charge < -0.3 is 33.8 Å². The number of rotatable bonds is 74. The Hall–Kier alpha value is -1.94. The maximum Gasteiger partial charge on any atom is 0.472 e. The first-order valence-electron chi connectivity index (χ1n) is 38.6. The van der Waals surface area contributed by atoms with E-state index in [9.17, 15) is 43.2 Å². The molecule has 0 rings (SSSR count). The minimum absolute atomic E-state index is 0.104. The van der Waals surface area contributed by atoms with Gasteiger partial charge in [-0.25, -0.2) is 9.13 Å². The van der Waals surface area contributed by atoms with E-state index in [4.69, 9.17) is 37.0 Å². The molecular weight excluding hydrogens is 1220 g/mol. The van der Waals surface area contributed by atoms with Crippen molar-refractivity contribution in [1.29, 1.82) is 0 Å². The summed E-state index contributed by atoms with van der Waals surface area (Å²) in [5.74, 6) is -1.31. The lowest BCUT2D eigenvalue weighted by atomic mass is 10.0. The van der Waals surface area contributed by atoms with E-state index in [0.29, 0.717) is 25.7 Å². The van der Waals surface area contributed by atoms with Crippen LogP contribution < -0.4 is 0 Å². The summed E-state index contributed by atoms with van der Waals surface area (Å²) >= 11 is 0. The van der Waals surface area contributed by atoms with E-state index >= 15 is 0 Å². The molecule has 2 unspecified atom stereocenters. The Morgan fingerprint density at radius 2 is 0.495 bits per heavy atom. The Kier molecular flexibility index (Phi) is 65.9. The zero-order chi connectivity index (χ0) is 68.4. The first kappa shape index (κ1) is 91.1. The van der Waals surface area contributed by atoms with Gasteiger partial charge in [-0.15, -0.1) is 0 Å². The van der Waals surface area contributed by atoms with E-state index < -0.39 is 97.5 Å². The molecule has 0 saturated carbocycles. The number of hydrogen-bond acceptors (Lipinski definition) is 15. The SMILES string of the molecule is CCCCCCCCCCCCCCCCCCCCC(=O)OC[C@H](COP(=O)(O)OC[C@@H](O)COP(=O)(O)OC[C@@H](COC(=O)CCCCCCCCC)OC(=O)CCCCCCCCC)OC(=O)CCCCCCCCCCCCCCCCCCCCC(C)C. The molecule has 17 nitrogen and oxygen atoms in total. The molecule has 552 valence electrons. The predicted molar refractivity (Wildman–Crippen MR) is 377 cm³/mol. The molecule has 0 aliphatic carbocycles. The van der Waals surface area contributed by atoms with Crippen molar-refractivity contribution in [2.45, 2.75) is 406 Å². The van der Waals surface area contributed by atoms with Crippen molar-refractivity contribution in [1.82, 2.24) is 0 Å². The van der Waals surface area contributed by atoms with Gasteiger partial charge in [0, 0.05) is 25.7 Å². The lowest BCUT2D eigenvalue weighted by molar-refractivity contribution is -0.161. The molecule has 19 heteroatoms. The highest BCUT2D eigenvalue weighted by Crippen LogP contribution is 2.45. The lowest BCUT2D eigenvalue weighted by Gasteiger charge is -2.21. The molecule has 0 aromatic rings. The Balaban J connectivity index is 5.10. The van der Waals surface area contributed by atoms with Gasteiger partial charge in [-0.2, -0.15) is 0 Å². The molecular formula is C74H144O17P2. The molecule has 93 heavy (non-hydrogen) atoms. The highest BCUT2D eigenvalue weighted by Gasteiger charge is 2.30. The Bertz CT molecular complexity index is 1790. The van der Waals surface area contributed by atoms with Crippen molar-refractivity contribution >= 4 is 39.5 Å². The van der Waals surface area contributed by atoms with Gasteiger partial charge in [0.05, 0.1) is 26.4 Å². The predicted octanol–water partition coefficient (Wildman–Crippen LogP) is 21.7. The average Bonchev–Trinajstić information content (AvgIpc) is 2.77. The van der Waals surface area contributed by atoms with Crippen LogP contribution in [0.4, 0.5) is 0 Å². The summed E-state index contributed by atoms with van der Waals surface area (Å²) in [6.45, 7) is 7.22. The first-order valence-corrected chi connectivity index (χ1v) is 41.6. The number of aliphatic hydroxyl groups is 1. The van der Waals surface area contributed by atoms with Crippen LogP contribution in [0.1, 0.15) is 388 Å². The van der Waals surface area contributed by atoms with Gasteiger partial charge in [0.15, 0.2) is 12.2 Å². The second-order valence-electron chi connectivity index (χ2n) is 27.2. The molecule has 0 fully saturated rings. The molecule has 0 aromatic heterocycles. The number of carbonyl (C=O) groups is 4. The third kappa shape index (κ3) is 68.4. The van der Waals surface area contributed by atoms with E-state index in [0.717, 1.165) is 121 Å². The number of phosphoric acid groups is 2. The summed E-state index contributed by atoms with van der Waals surface area (Å²) < 4.78 is 68.2. The second kappa shape index (κ2) is 67.3. The fraction of sp³-hybridized carbons (Fsp3) is 0.946. The van der Waals surface area contributed by atoms with Crippen LogP contribution in [0.5, 0.6) is 0 Å². The van der Waals surface area contributed by atoms with Gasteiger partial charge in [-0.05, 0) is 31.6 Å². The van der Waals surface area contributed by atoms with E-state index in [1.54, 1.807) is 0 Å². The van der Waals surface area contributed by atoms with Crippen molar-refractivity contribution in [3.63, 3.8) is 0 Å². The van der Waals surface area contributed by atoms with Crippen LogP contribution in [-0.2, 0) is 65.4 Å². The molecule has 0 radical (unpaired) electrons. The normalized spacial score (nSPS) is 14.0. The molecule has 0 bridgehead atoms. The second-order valence-corrected chi connectivity index (χ2v) is 30.1. The molecule has 0 heterocycles. The smallest absolute Gasteiger partial charge is 0.462 e. The van der Waals surface area contributed by atoms with Crippen LogP contribution in [0.15, 0.2) is 0 Å². The summed E-state index contributed by atoms with van der Waals surface area (Å²) in [5.41, 5.74) is 0. The van der Waals surface area contributed by atoms with E-state index in [-0.39, 0.29) is 25.7 Å².